The van der Waals surface area contributed by atoms with E-state index < -0.39 is 16.0 Å². The summed E-state index contributed by atoms with van der Waals surface area (Å²) in [5.74, 6) is -0.517. The zero-order valence-electron chi connectivity index (χ0n) is 18.8. The summed E-state index contributed by atoms with van der Waals surface area (Å²) >= 11 is 1.39. The highest BCUT2D eigenvalue weighted by Crippen LogP contribution is 2.37. The monoisotopic (exact) mass is 497 g/mol. The molecule has 3 aromatic carbocycles. The number of ether oxygens (including phenoxy) is 1. The Morgan fingerprint density at radius 1 is 0.971 bits per heavy atom. The number of imidazole rings is 1. The maximum absolute atomic E-state index is 13.2. The van der Waals surface area contributed by atoms with Gasteiger partial charge >= 0.3 is 11.7 Å². The fraction of sp³-hybridized carbons (Fsp3) is 0.167. The number of nitrogens with one attached hydrogen (secondary N) is 1. The van der Waals surface area contributed by atoms with Crippen LogP contribution in [0.3, 0.4) is 0 Å². The lowest BCUT2D eigenvalue weighted by molar-refractivity contribution is 0.0526. The molecule has 0 fully saturated rings. The summed E-state index contributed by atoms with van der Waals surface area (Å²) < 4.78 is 37.0. The van der Waals surface area contributed by atoms with Gasteiger partial charge in [-0.1, -0.05) is 30.0 Å². The van der Waals surface area contributed by atoms with Crippen molar-refractivity contribution in [2.24, 2.45) is 14.1 Å². The van der Waals surface area contributed by atoms with Crippen molar-refractivity contribution < 1.29 is 17.9 Å². The van der Waals surface area contributed by atoms with Gasteiger partial charge in [0.25, 0.3) is 10.0 Å². The van der Waals surface area contributed by atoms with Crippen LogP contribution in [0.1, 0.15) is 17.3 Å². The summed E-state index contributed by atoms with van der Waals surface area (Å²) in [6.07, 6.45) is 0. The maximum atomic E-state index is 13.2. The number of nitrogens with zero attached hydrogens (tertiary/aromatic N) is 2. The Labute approximate surface area is 201 Å². The van der Waals surface area contributed by atoms with E-state index in [0.717, 1.165) is 4.90 Å². The third-order valence-corrected chi connectivity index (χ3v) is 7.71. The zero-order valence-corrected chi connectivity index (χ0v) is 20.4. The van der Waals surface area contributed by atoms with Crippen molar-refractivity contribution in [2.45, 2.75) is 21.6 Å². The van der Waals surface area contributed by atoms with Crippen LogP contribution in [-0.4, -0.2) is 30.1 Å². The Morgan fingerprint density at radius 2 is 1.59 bits per heavy atom. The van der Waals surface area contributed by atoms with Crippen molar-refractivity contribution in [3.8, 4) is 0 Å². The smallest absolute Gasteiger partial charge is 0.338 e. The normalized spacial score (nSPS) is 11.5. The van der Waals surface area contributed by atoms with Gasteiger partial charge in [0, 0.05) is 23.9 Å². The number of sulfonamides is 1. The Morgan fingerprint density at radius 3 is 2.21 bits per heavy atom. The van der Waals surface area contributed by atoms with E-state index in [4.69, 9.17) is 4.74 Å². The predicted molar refractivity (Wildman–Crippen MR) is 132 cm³/mol. The standard InChI is InChI=1S/C24H23N3O5S2/c1-4-32-23(28)16-10-12-18(13-11-16)34(30,31)25-19-14-20-21(27(3)24(29)26(20)2)15-22(19)33-17-8-6-5-7-9-17/h5-15,25H,4H2,1-3H3. The number of aryl methyl sites for hydroxylation is 2. The van der Waals surface area contributed by atoms with Gasteiger partial charge in [0.05, 0.1) is 33.8 Å². The molecule has 176 valence electrons. The molecular formula is C24H23N3O5S2. The van der Waals surface area contributed by atoms with Crippen LogP contribution in [0.15, 0.2) is 86.2 Å². The highest BCUT2D eigenvalue weighted by Gasteiger charge is 2.20. The van der Waals surface area contributed by atoms with Crippen LogP contribution < -0.4 is 10.4 Å². The molecule has 0 aliphatic rings. The molecule has 34 heavy (non-hydrogen) atoms. The zero-order chi connectivity index (χ0) is 24.5. The molecular weight excluding hydrogens is 474 g/mol. The number of anilines is 1. The van der Waals surface area contributed by atoms with Crippen molar-refractivity contribution in [2.75, 3.05) is 11.3 Å². The summed E-state index contributed by atoms with van der Waals surface area (Å²) in [5, 5.41) is 0. The number of benzene rings is 3. The predicted octanol–water partition coefficient (Wildman–Crippen LogP) is 4.01. The molecule has 0 aliphatic heterocycles. The van der Waals surface area contributed by atoms with E-state index in [0.29, 0.717) is 21.6 Å². The number of hydrogen-bond acceptors (Lipinski definition) is 6. The van der Waals surface area contributed by atoms with Crippen LogP contribution in [0.5, 0.6) is 0 Å². The van der Waals surface area contributed by atoms with Crippen molar-refractivity contribution >= 4 is 44.5 Å². The Kier molecular flexibility index (Phi) is 6.54. The fourth-order valence-corrected chi connectivity index (χ4v) is 5.57. The van der Waals surface area contributed by atoms with Crippen molar-refractivity contribution in [3.05, 3.63) is 82.8 Å². The SMILES string of the molecule is CCOC(=O)c1ccc(S(=O)(=O)Nc2cc3c(cc2Sc2ccccc2)n(C)c(=O)n3C)cc1. The number of esters is 1. The summed E-state index contributed by atoms with van der Waals surface area (Å²) in [7, 11) is -0.660. The highest BCUT2D eigenvalue weighted by molar-refractivity contribution is 7.99. The first-order chi connectivity index (χ1) is 16.2. The van der Waals surface area contributed by atoms with Gasteiger partial charge in [0.15, 0.2) is 0 Å². The molecule has 0 unspecified atom stereocenters. The molecule has 4 aromatic rings. The van der Waals surface area contributed by atoms with E-state index in [2.05, 4.69) is 4.72 Å². The van der Waals surface area contributed by atoms with Gasteiger partial charge in [-0.15, -0.1) is 0 Å². The van der Waals surface area contributed by atoms with Crippen LogP contribution in [0.25, 0.3) is 11.0 Å². The summed E-state index contributed by atoms with van der Waals surface area (Å²) in [4.78, 5) is 25.9. The number of hydrogen-bond donors (Lipinski definition) is 1. The second-order valence-electron chi connectivity index (χ2n) is 7.50. The molecule has 0 bridgehead atoms. The molecule has 10 heteroatoms. The van der Waals surface area contributed by atoms with E-state index in [1.807, 2.05) is 30.3 Å². The van der Waals surface area contributed by atoms with E-state index in [-0.39, 0.29) is 22.8 Å². The Hall–Kier alpha value is -3.50. The van der Waals surface area contributed by atoms with Gasteiger partial charge in [-0.3, -0.25) is 13.9 Å². The minimum atomic E-state index is -3.98. The fourth-order valence-electron chi connectivity index (χ4n) is 3.49. The largest absolute Gasteiger partial charge is 0.462 e. The molecule has 1 aromatic heterocycles. The van der Waals surface area contributed by atoms with Gasteiger partial charge < -0.3 is 4.74 Å². The Bertz CT molecular complexity index is 1520. The summed E-state index contributed by atoms with van der Waals surface area (Å²) in [6.45, 7) is 1.93. The van der Waals surface area contributed by atoms with E-state index in [1.54, 1.807) is 33.2 Å². The molecule has 0 spiro atoms. The molecule has 0 amide bonds. The van der Waals surface area contributed by atoms with Gasteiger partial charge in [-0.05, 0) is 55.5 Å². The molecule has 1 N–H and O–H groups in total. The topological polar surface area (TPSA) is 99.4 Å². The first-order valence-electron chi connectivity index (χ1n) is 10.4. The molecule has 0 saturated heterocycles. The van der Waals surface area contributed by atoms with Crippen LogP contribution in [-0.2, 0) is 28.9 Å². The third kappa shape index (κ3) is 4.59. The number of carbonyl (C=O) groups is 1. The van der Waals surface area contributed by atoms with Gasteiger partial charge in [0.2, 0.25) is 0 Å². The van der Waals surface area contributed by atoms with E-state index in [9.17, 15) is 18.0 Å². The second-order valence-corrected chi connectivity index (χ2v) is 10.3. The summed E-state index contributed by atoms with van der Waals surface area (Å²) in [6, 6.07) is 18.5. The molecule has 0 radical (unpaired) electrons. The minimum absolute atomic E-state index is 0.00161. The molecule has 0 atom stereocenters. The van der Waals surface area contributed by atoms with E-state index in [1.165, 1.54) is 45.2 Å². The molecule has 0 saturated carbocycles. The molecule has 0 aliphatic carbocycles. The molecule has 1 heterocycles. The summed E-state index contributed by atoms with van der Waals surface area (Å²) in [5.41, 5.74) is 1.69. The van der Waals surface area contributed by atoms with E-state index >= 15 is 0 Å². The lowest BCUT2D eigenvalue weighted by Crippen LogP contribution is -2.19. The number of rotatable bonds is 7. The van der Waals surface area contributed by atoms with Crippen LogP contribution in [0.4, 0.5) is 5.69 Å². The van der Waals surface area contributed by atoms with Crippen LogP contribution in [0, 0.1) is 0 Å². The van der Waals surface area contributed by atoms with Crippen molar-refractivity contribution in [1.29, 1.82) is 0 Å². The quantitative estimate of drug-likeness (QED) is 0.388. The van der Waals surface area contributed by atoms with Crippen LogP contribution >= 0.6 is 11.8 Å². The van der Waals surface area contributed by atoms with Gasteiger partial charge in [0.1, 0.15) is 0 Å². The molecule has 8 nitrogen and oxygen atoms in total. The average Bonchev–Trinajstić information content (AvgIpc) is 3.03. The highest BCUT2D eigenvalue weighted by atomic mass is 32.2. The minimum Gasteiger partial charge on any atom is -0.462 e. The average molecular weight is 498 g/mol. The number of carbonyl (C=O) groups excluding carboxylic acids is 1. The first kappa shape index (κ1) is 23.7. The van der Waals surface area contributed by atoms with Gasteiger partial charge in [-0.25, -0.2) is 18.0 Å². The second kappa shape index (κ2) is 9.40. The lowest BCUT2D eigenvalue weighted by Gasteiger charge is -2.14. The third-order valence-electron chi connectivity index (χ3n) is 5.26. The first-order valence-corrected chi connectivity index (χ1v) is 12.7. The number of aromatic nitrogens is 2. The lowest BCUT2D eigenvalue weighted by atomic mass is 10.2. The van der Waals surface area contributed by atoms with Gasteiger partial charge in [-0.2, -0.15) is 0 Å². The van der Waals surface area contributed by atoms with Crippen molar-refractivity contribution in [3.63, 3.8) is 0 Å². The Balaban J connectivity index is 1.76. The van der Waals surface area contributed by atoms with Crippen molar-refractivity contribution in [1.82, 2.24) is 9.13 Å². The van der Waals surface area contributed by atoms with Crippen LogP contribution in [0.2, 0.25) is 0 Å². The number of fused-ring (bicyclic) bond motifs is 1. The maximum Gasteiger partial charge on any atom is 0.338 e. The molecule has 4 rings (SSSR count).